The molecule has 12 heteroatoms. The molecule has 2 unspecified atom stereocenters. The van der Waals surface area contributed by atoms with Crippen LogP contribution < -0.4 is 0 Å². The summed E-state index contributed by atoms with van der Waals surface area (Å²) in [4.78, 5) is 48.2. The number of thioether (sulfide) groups is 2. The fourth-order valence-electron chi connectivity index (χ4n) is 2.96. The van der Waals surface area contributed by atoms with E-state index in [0.717, 1.165) is 11.8 Å². The molecule has 1 fully saturated rings. The summed E-state index contributed by atoms with van der Waals surface area (Å²) < 4.78 is 10.4. The highest BCUT2D eigenvalue weighted by molar-refractivity contribution is 8.23. The first-order chi connectivity index (χ1) is 14.2. The monoisotopic (exact) mass is 454 g/mol. The highest BCUT2D eigenvalue weighted by Gasteiger charge is 2.58. The van der Waals surface area contributed by atoms with E-state index in [-0.39, 0.29) is 23.7 Å². The van der Waals surface area contributed by atoms with Gasteiger partial charge in [0.25, 0.3) is 5.69 Å². The lowest BCUT2D eigenvalue weighted by molar-refractivity contribution is -0.384. The highest BCUT2D eigenvalue weighted by Crippen LogP contribution is 2.53. The molecular weight excluding hydrogens is 436 g/mol. The molecule has 0 radical (unpaired) electrons. The zero-order chi connectivity index (χ0) is 22.0. The van der Waals surface area contributed by atoms with Gasteiger partial charge in [0, 0.05) is 12.1 Å². The largest absolute Gasteiger partial charge is 0.468 e. The van der Waals surface area contributed by atoms with Crippen molar-refractivity contribution in [3.8, 4) is 0 Å². The minimum Gasteiger partial charge on any atom is -0.468 e. The van der Waals surface area contributed by atoms with Crippen LogP contribution in [0.2, 0.25) is 0 Å². The SMILES string of the molecule is COC(=O)CSC1=C(C(=O)OCc2ccc([N+](=O)[O-])cc2)N2C(=O)C(C(C)O)[C@H]2S1. The molecule has 1 amide bonds. The third-order valence-corrected chi connectivity index (χ3v) is 7.16. The third-order valence-electron chi connectivity index (χ3n) is 4.53. The van der Waals surface area contributed by atoms with Crippen molar-refractivity contribution in [2.45, 2.75) is 25.0 Å². The van der Waals surface area contributed by atoms with E-state index >= 15 is 0 Å². The number of ether oxygens (including phenoxy) is 2. The first-order valence-corrected chi connectivity index (χ1v) is 10.6. The van der Waals surface area contributed by atoms with E-state index in [1.807, 2.05) is 0 Å². The minimum atomic E-state index is -0.881. The van der Waals surface area contributed by atoms with Gasteiger partial charge in [0.1, 0.15) is 12.0 Å². The van der Waals surface area contributed by atoms with Crippen LogP contribution in [0.4, 0.5) is 5.69 Å². The van der Waals surface area contributed by atoms with Crippen LogP contribution in [-0.2, 0) is 30.5 Å². The number of hydrogen-bond acceptors (Lipinski definition) is 10. The number of nitro groups is 1. The van der Waals surface area contributed by atoms with E-state index in [4.69, 9.17) is 4.74 Å². The zero-order valence-corrected chi connectivity index (χ0v) is 17.6. The van der Waals surface area contributed by atoms with Crippen molar-refractivity contribution in [2.75, 3.05) is 12.9 Å². The molecule has 2 heterocycles. The number of β-lactam (4-membered cyclic amide) rings is 1. The van der Waals surface area contributed by atoms with Gasteiger partial charge in [-0.15, -0.1) is 11.8 Å². The van der Waals surface area contributed by atoms with Crippen molar-refractivity contribution in [3.63, 3.8) is 0 Å². The maximum Gasteiger partial charge on any atom is 0.357 e. The summed E-state index contributed by atoms with van der Waals surface area (Å²) in [7, 11) is 1.25. The second-order valence-corrected chi connectivity index (χ2v) is 8.85. The number of carbonyl (C=O) groups is 3. The van der Waals surface area contributed by atoms with Gasteiger partial charge < -0.3 is 14.6 Å². The lowest BCUT2D eigenvalue weighted by Gasteiger charge is -2.43. The van der Waals surface area contributed by atoms with Crippen molar-refractivity contribution in [1.29, 1.82) is 0 Å². The summed E-state index contributed by atoms with van der Waals surface area (Å²) in [6.07, 6.45) is -0.881. The number of non-ortho nitro benzene ring substituents is 1. The standard InChI is InChI=1S/C18H18N2O8S2/c1-9(21)13-15(23)19-14(18(30-16(13)19)29-8-12(22)27-2)17(24)28-7-10-3-5-11(6-4-10)20(25)26/h3-6,9,13,16,21H,7-8H2,1-2H3/t9?,13?,16-/m1/s1. The van der Waals surface area contributed by atoms with Gasteiger partial charge in [-0.1, -0.05) is 11.8 Å². The number of carbonyl (C=O) groups excluding carboxylic acids is 3. The Morgan fingerprint density at radius 3 is 2.60 bits per heavy atom. The van der Waals surface area contributed by atoms with E-state index in [0.29, 0.717) is 9.80 Å². The van der Waals surface area contributed by atoms with Crippen LogP contribution in [0.15, 0.2) is 34.2 Å². The molecule has 0 aliphatic carbocycles. The van der Waals surface area contributed by atoms with Gasteiger partial charge in [-0.2, -0.15) is 0 Å². The summed E-state index contributed by atoms with van der Waals surface area (Å²) in [5.41, 5.74) is 0.486. The van der Waals surface area contributed by atoms with Crippen molar-refractivity contribution in [1.82, 2.24) is 4.90 Å². The van der Waals surface area contributed by atoms with Gasteiger partial charge >= 0.3 is 11.9 Å². The topological polar surface area (TPSA) is 136 Å². The number of nitrogens with zero attached hydrogens (tertiary/aromatic N) is 2. The Morgan fingerprint density at radius 1 is 1.37 bits per heavy atom. The number of aliphatic hydroxyl groups is 1. The summed E-state index contributed by atoms with van der Waals surface area (Å²) in [6.45, 7) is 1.36. The molecule has 1 saturated heterocycles. The molecule has 3 rings (SSSR count). The zero-order valence-electron chi connectivity index (χ0n) is 16.0. The number of benzene rings is 1. The van der Waals surface area contributed by atoms with E-state index in [2.05, 4.69) is 4.74 Å². The lowest BCUT2D eigenvalue weighted by atomic mass is 9.92. The van der Waals surface area contributed by atoms with Crippen molar-refractivity contribution < 1.29 is 33.9 Å². The minimum absolute atomic E-state index is 0.0303. The Labute approximate surface area is 179 Å². The Kier molecular flexibility index (Phi) is 6.68. The Hall–Kier alpha value is -2.57. The number of amides is 1. The fourth-order valence-corrected chi connectivity index (χ4v) is 5.70. The number of esters is 2. The smallest absolute Gasteiger partial charge is 0.357 e. The molecule has 10 nitrogen and oxygen atoms in total. The van der Waals surface area contributed by atoms with Crippen LogP contribution in [0, 0.1) is 16.0 Å². The summed E-state index contributed by atoms with van der Waals surface area (Å²) >= 11 is 2.28. The van der Waals surface area contributed by atoms with Crippen LogP contribution >= 0.6 is 23.5 Å². The van der Waals surface area contributed by atoms with Gasteiger partial charge in [0.05, 0.1) is 34.0 Å². The molecule has 0 bridgehead atoms. The predicted molar refractivity (Wildman–Crippen MR) is 108 cm³/mol. The van der Waals surface area contributed by atoms with E-state index in [1.54, 1.807) is 0 Å². The molecule has 0 spiro atoms. The molecule has 0 saturated carbocycles. The van der Waals surface area contributed by atoms with E-state index in [9.17, 15) is 29.6 Å². The normalized spacial score (nSPS) is 21.0. The molecule has 1 aromatic rings. The first kappa shape index (κ1) is 22.1. The number of methoxy groups -OCH3 is 1. The van der Waals surface area contributed by atoms with Gasteiger partial charge in [-0.05, 0) is 24.6 Å². The molecule has 2 aliphatic rings. The lowest BCUT2D eigenvalue weighted by Crippen LogP contribution is -2.60. The molecule has 160 valence electrons. The van der Waals surface area contributed by atoms with Gasteiger partial charge in [-0.3, -0.25) is 24.6 Å². The number of nitro benzene ring substituents is 1. The molecule has 30 heavy (non-hydrogen) atoms. The number of aliphatic hydroxyl groups excluding tert-OH is 1. The van der Waals surface area contributed by atoms with E-state index in [1.165, 1.54) is 55.0 Å². The van der Waals surface area contributed by atoms with Crippen LogP contribution in [0.25, 0.3) is 0 Å². The highest BCUT2D eigenvalue weighted by atomic mass is 32.2. The summed E-state index contributed by atoms with van der Waals surface area (Å²) in [5.74, 6) is -2.33. The predicted octanol–water partition coefficient (Wildman–Crippen LogP) is 1.63. The molecule has 1 aromatic carbocycles. The van der Waals surface area contributed by atoms with Crippen molar-refractivity contribution in [3.05, 3.63) is 49.9 Å². The number of fused-ring (bicyclic) bond motifs is 1. The summed E-state index contributed by atoms with van der Waals surface area (Å²) in [5, 5.41) is 20.1. The number of rotatable bonds is 8. The van der Waals surface area contributed by atoms with Crippen LogP contribution in [0.1, 0.15) is 12.5 Å². The van der Waals surface area contributed by atoms with Gasteiger partial charge in [-0.25, -0.2) is 4.79 Å². The Bertz CT molecular complexity index is 915. The van der Waals surface area contributed by atoms with Crippen LogP contribution in [0.3, 0.4) is 0 Å². The molecule has 3 atom stereocenters. The Balaban J connectivity index is 1.74. The first-order valence-electron chi connectivity index (χ1n) is 8.76. The molecular formula is C18H18N2O8S2. The maximum absolute atomic E-state index is 12.7. The second kappa shape index (κ2) is 9.06. The Morgan fingerprint density at radius 2 is 2.03 bits per heavy atom. The molecule has 0 aromatic heterocycles. The average Bonchev–Trinajstić information content (AvgIpc) is 3.04. The third kappa shape index (κ3) is 4.30. The van der Waals surface area contributed by atoms with E-state index < -0.39 is 40.2 Å². The summed E-state index contributed by atoms with van der Waals surface area (Å²) in [6, 6.07) is 5.54. The van der Waals surface area contributed by atoms with Crippen molar-refractivity contribution >= 4 is 47.1 Å². The molecule has 2 aliphatic heterocycles. The number of hydrogen-bond donors (Lipinski definition) is 1. The van der Waals surface area contributed by atoms with Crippen molar-refractivity contribution in [2.24, 2.45) is 5.92 Å². The average molecular weight is 454 g/mol. The fraction of sp³-hybridized carbons (Fsp3) is 0.389. The van der Waals surface area contributed by atoms with Crippen LogP contribution in [-0.4, -0.2) is 57.1 Å². The quantitative estimate of drug-likeness (QED) is 0.267. The van der Waals surface area contributed by atoms with Gasteiger partial charge in [0.2, 0.25) is 5.91 Å². The van der Waals surface area contributed by atoms with Gasteiger partial charge in [0.15, 0.2) is 5.70 Å². The van der Waals surface area contributed by atoms with Crippen LogP contribution in [0.5, 0.6) is 0 Å². The second-order valence-electron chi connectivity index (χ2n) is 6.48. The maximum atomic E-state index is 12.7. The molecule has 1 N–H and O–H groups in total.